The lowest BCUT2D eigenvalue weighted by Gasteiger charge is -2.32. The minimum absolute atomic E-state index is 0.0896. The van der Waals surface area contributed by atoms with Crippen molar-refractivity contribution in [3.8, 4) is 0 Å². The lowest BCUT2D eigenvalue weighted by atomic mass is 9.95. The Morgan fingerprint density at radius 3 is 2.95 bits per heavy atom. The van der Waals surface area contributed by atoms with Crippen LogP contribution in [0.2, 0.25) is 0 Å². The van der Waals surface area contributed by atoms with Crippen LogP contribution in [0.15, 0.2) is 18.2 Å². The highest BCUT2D eigenvalue weighted by Gasteiger charge is 2.28. The van der Waals surface area contributed by atoms with Gasteiger partial charge in [-0.15, -0.1) is 0 Å². The first kappa shape index (κ1) is 14.3. The molecule has 1 saturated heterocycles. The van der Waals surface area contributed by atoms with Crippen LogP contribution < -0.4 is 5.73 Å². The normalized spacial score (nSPS) is 18.9. The largest absolute Gasteiger partial charge is 0.399 e. The number of anilines is 1. The summed E-state index contributed by atoms with van der Waals surface area (Å²) in [5.41, 5.74) is 5.93. The molecule has 6 heteroatoms. The Bertz CT molecular complexity index is 530. The van der Waals surface area contributed by atoms with Crippen molar-refractivity contribution < 1.29 is 9.72 Å². The SMILES string of the molecule is CCC1CCCN(C(=O)c2cc(N)ccc2[N+](=O)[O-])C1. The van der Waals surface area contributed by atoms with Gasteiger partial charge in [0.25, 0.3) is 11.6 Å². The van der Waals surface area contributed by atoms with E-state index in [0.717, 1.165) is 19.3 Å². The van der Waals surface area contributed by atoms with Gasteiger partial charge in [-0.2, -0.15) is 0 Å². The number of nitro benzene ring substituents is 1. The average molecular weight is 277 g/mol. The number of piperidine rings is 1. The fourth-order valence-electron chi connectivity index (χ4n) is 2.64. The van der Waals surface area contributed by atoms with E-state index in [-0.39, 0.29) is 17.2 Å². The molecule has 0 saturated carbocycles. The Kier molecular flexibility index (Phi) is 4.22. The number of carbonyl (C=O) groups is 1. The molecule has 1 amide bonds. The van der Waals surface area contributed by atoms with E-state index in [9.17, 15) is 14.9 Å². The van der Waals surface area contributed by atoms with Gasteiger partial charge in [0.05, 0.1) is 4.92 Å². The number of nitrogen functional groups attached to an aromatic ring is 1. The first-order valence-corrected chi connectivity index (χ1v) is 6.86. The summed E-state index contributed by atoms with van der Waals surface area (Å²) in [7, 11) is 0. The standard InChI is InChI=1S/C14H19N3O3/c1-2-10-4-3-7-16(9-10)14(18)12-8-11(15)5-6-13(12)17(19)20/h5-6,8,10H,2-4,7,9,15H2,1H3. The molecular formula is C14H19N3O3. The second kappa shape index (κ2) is 5.90. The molecule has 108 valence electrons. The summed E-state index contributed by atoms with van der Waals surface area (Å²) in [6.45, 7) is 3.42. The molecule has 1 fully saturated rings. The molecule has 1 aromatic rings. The predicted octanol–water partition coefficient (Wildman–Crippen LogP) is 2.44. The third-order valence-corrected chi connectivity index (χ3v) is 3.83. The zero-order valence-corrected chi connectivity index (χ0v) is 11.5. The minimum Gasteiger partial charge on any atom is -0.399 e. The topological polar surface area (TPSA) is 89.5 Å². The number of nitrogens with zero attached hydrogens (tertiary/aromatic N) is 2. The van der Waals surface area contributed by atoms with Gasteiger partial charge in [0.2, 0.25) is 0 Å². The van der Waals surface area contributed by atoms with Crippen molar-refractivity contribution >= 4 is 17.3 Å². The summed E-state index contributed by atoms with van der Waals surface area (Å²) in [5, 5.41) is 11.0. The molecule has 1 aliphatic heterocycles. The molecule has 6 nitrogen and oxygen atoms in total. The Hall–Kier alpha value is -2.11. The van der Waals surface area contributed by atoms with Crippen molar-refractivity contribution in [3.63, 3.8) is 0 Å². The maximum absolute atomic E-state index is 12.5. The zero-order valence-electron chi connectivity index (χ0n) is 11.5. The first-order valence-electron chi connectivity index (χ1n) is 6.86. The number of benzene rings is 1. The van der Waals surface area contributed by atoms with Crippen molar-refractivity contribution in [1.29, 1.82) is 0 Å². The lowest BCUT2D eigenvalue weighted by molar-refractivity contribution is -0.385. The van der Waals surface area contributed by atoms with Crippen molar-refractivity contribution in [2.24, 2.45) is 5.92 Å². The molecule has 0 bridgehead atoms. The van der Waals surface area contributed by atoms with Crippen LogP contribution >= 0.6 is 0 Å². The molecule has 2 rings (SSSR count). The van der Waals surface area contributed by atoms with Crippen LogP contribution in [0.4, 0.5) is 11.4 Å². The fraction of sp³-hybridized carbons (Fsp3) is 0.500. The number of nitro groups is 1. The maximum atomic E-state index is 12.5. The number of carbonyl (C=O) groups excluding carboxylic acids is 1. The predicted molar refractivity (Wildman–Crippen MR) is 76.4 cm³/mol. The van der Waals surface area contributed by atoms with Gasteiger partial charge in [0, 0.05) is 24.8 Å². The number of amides is 1. The maximum Gasteiger partial charge on any atom is 0.282 e. The number of nitrogens with two attached hydrogens (primary N) is 1. The Labute approximate surface area is 117 Å². The average Bonchev–Trinajstić information content (AvgIpc) is 2.46. The van der Waals surface area contributed by atoms with E-state index in [4.69, 9.17) is 5.73 Å². The third-order valence-electron chi connectivity index (χ3n) is 3.83. The highest BCUT2D eigenvalue weighted by atomic mass is 16.6. The van der Waals surface area contributed by atoms with Crippen LogP contribution in [0.3, 0.4) is 0 Å². The monoisotopic (exact) mass is 277 g/mol. The summed E-state index contributed by atoms with van der Waals surface area (Å²) in [6.07, 6.45) is 3.07. The third kappa shape index (κ3) is 2.89. The van der Waals surface area contributed by atoms with Crippen LogP contribution in [0.1, 0.15) is 36.5 Å². The number of hydrogen-bond donors (Lipinski definition) is 1. The van der Waals surface area contributed by atoms with Crippen LogP contribution in [0, 0.1) is 16.0 Å². The molecule has 2 N–H and O–H groups in total. The second-order valence-corrected chi connectivity index (χ2v) is 5.20. The van der Waals surface area contributed by atoms with Crippen LogP contribution in [-0.4, -0.2) is 28.8 Å². The molecule has 0 radical (unpaired) electrons. The van der Waals surface area contributed by atoms with E-state index < -0.39 is 4.92 Å². The quantitative estimate of drug-likeness (QED) is 0.522. The van der Waals surface area contributed by atoms with Crippen molar-refractivity contribution in [2.45, 2.75) is 26.2 Å². The van der Waals surface area contributed by atoms with Gasteiger partial charge in [0.15, 0.2) is 0 Å². The fourth-order valence-corrected chi connectivity index (χ4v) is 2.64. The summed E-state index contributed by atoms with van der Waals surface area (Å²) in [5.74, 6) is 0.190. The van der Waals surface area contributed by atoms with Gasteiger partial charge in [0.1, 0.15) is 5.56 Å². The number of hydrogen-bond acceptors (Lipinski definition) is 4. The van der Waals surface area contributed by atoms with E-state index in [1.807, 2.05) is 0 Å². The molecule has 1 heterocycles. The van der Waals surface area contributed by atoms with Gasteiger partial charge >= 0.3 is 0 Å². The van der Waals surface area contributed by atoms with Crippen molar-refractivity contribution in [3.05, 3.63) is 33.9 Å². The molecule has 1 atom stereocenters. The van der Waals surface area contributed by atoms with Gasteiger partial charge in [-0.05, 0) is 30.9 Å². The zero-order chi connectivity index (χ0) is 14.7. The first-order chi connectivity index (χ1) is 9.52. The van der Waals surface area contributed by atoms with Gasteiger partial charge < -0.3 is 10.6 Å². The molecule has 0 aliphatic carbocycles. The molecule has 1 aromatic carbocycles. The van der Waals surface area contributed by atoms with Gasteiger partial charge in [-0.1, -0.05) is 13.3 Å². The Morgan fingerprint density at radius 1 is 1.55 bits per heavy atom. The summed E-state index contributed by atoms with van der Waals surface area (Å²) in [6, 6.07) is 4.14. The van der Waals surface area contributed by atoms with Crippen molar-refractivity contribution in [1.82, 2.24) is 4.90 Å². The van der Waals surface area contributed by atoms with E-state index in [1.165, 1.54) is 18.2 Å². The highest BCUT2D eigenvalue weighted by Crippen LogP contribution is 2.26. The molecule has 20 heavy (non-hydrogen) atoms. The molecule has 0 aromatic heterocycles. The van der Waals surface area contributed by atoms with Crippen LogP contribution in [0.5, 0.6) is 0 Å². The summed E-state index contributed by atoms with van der Waals surface area (Å²) < 4.78 is 0. The smallest absolute Gasteiger partial charge is 0.282 e. The Balaban J connectivity index is 2.28. The summed E-state index contributed by atoms with van der Waals surface area (Å²) in [4.78, 5) is 24.7. The summed E-state index contributed by atoms with van der Waals surface area (Å²) >= 11 is 0. The van der Waals surface area contributed by atoms with E-state index in [1.54, 1.807) is 4.90 Å². The molecular weight excluding hydrogens is 258 g/mol. The van der Waals surface area contributed by atoms with Crippen molar-refractivity contribution in [2.75, 3.05) is 18.8 Å². The molecule has 0 spiro atoms. The van der Waals surface area contributed by atoms with E-state index >= 15 is 0 Å². The van der Waals surface area contributed by atoms with E-state index in [2.05, 4.69) is 6.92 Å². The minimum atomic E-state index is -0.534. The van der Waals surface area contributed by atoms with Crippen LogP contribution in [0.25, 0.3) is 0 Å². The Morgan fingerprint density at radius 2 is 2.30 bits per heavy atom. The van der Waals surface area contributed by atoms with Gasteiger partial charge in [-0.25, -0.2) is 0 Å². The van der Waals surface area contributed by atoms with Crippen LogP contribution in [-0.2, 0) is 0 Å². The number of likely N-dealkylation sites (tertiary alicyclic amines) is 1. The molecule has 1 aliphatic rings. The highest BCUT2D eigenvalue weighted by molar-refractivity contribution is 5.99. The second-order valence-electron chi connectivity index (χ2n) is 5.20. The molecule has 1 unspecified atom stereocenters. The van der Waals surface area contributed by atoms with E-state index in [0.29, 0.717) is 24.7 Å². The van der Waals surface area contributed by atoms with Gasteiger partial charge in [-0.3, -0.25) is 14.9 Å². The number of rotatable bonds is 3. The lowest BCUT2D eigenvalue weighted by Crippen LogP contribution is -2.40.